The number of nitrogens with zero attached hydrogens (tertiary/aromatic N) is 3. The summed E-state index contributed by atoms with van der Waals surface area (Å²) in [7, 11) is 0. The van der Waals surface area contributed by atoms with Crippen molar-refractivity contribution in [1.82, 2.24) is 4.98 Å². The minimum Gasteiger partial charge on any atom is -1.00 e. The van der Waals surface area contributed by atoms with Crippen LogP contribution in [0.15, 0.2) is 46.4 Å². The van der Waals surface area contributed by atoms with Crippen molar-refractivity contribution in [2.24, 2.45) is 9.98 Å². The minimum absolute atomic E-state index is 0. The van der Waals surface area contributed by atoms with Gasteiger partial charge >= 0.3 is 17.1 Å². The van der Waals surface area contributed by atoms with Crippen molar-refractivity contribution < 1.29 is 41.9 Å². The van der Waals surface area contributed by atoms with Crippen molar-refractivity contribution >= 4 is 23.8 Å². The SMILES string of the molecule is CCCc1cc(CCC)c(N=Cc2cc(C)cc(C=Nc3c(CCC)cc(CCC)cc3CCC)n2)c(CCC)c1.[Cl-].[Cl-].[Fe+2]. The molecule has 3 rings (SSSR count). The number of aryl methyl sites for hydroxylation is 7. The quantitative estimate of drug-likeness (QED) is 0.161. The van der Waals surface area contributed by atoms with Gasteiger partial charge in [-0.25, -0.2) is 4.98 Å². The summed E-state index contributed by atoms with van der Waals surface area (Å²) in [5.74, 6) is 0. The molecule has 0 aliphatic rings. The third-order valence-electron chi connectivity index (χ3n) is 7.47. The van der Waals surface area contributed by atoms with Crippen molar-refractivity contribution in [3.05, 3.63) is 86.7 Å². The molecule has 0 aliphatic carbocycles. The number of benzene rings is 2. The molecule has 0 N–H and O–H groups in total. The summed E-state index contributed by atoms with van der Waals surface area (Å²) in [6.07, 6.45) is 17.2. The van der Waals surface area contributed by atoms with Crippen LogP contribution in [0.5, 0.6) is 0 Å². The summed E-state index contributed by atoms with van der Waals surface area (Å²) in [6.45, 7) is 15.7. The molecule has 242 valence electrons. The minimum atomic E-state index is 0. The smallest absolute Gasteiger partial charge is 1.00 e. The van der Waals surface area contributed by atoms with E-state index in [2.05, 4.69) is 84.9 Å². The van der Waals surface area contributed by atoms with Crippen LogP contribution in [0.2, 0.25) is 0 Å². The van der Waals surface area contributed by atoms with Gasteiger partial charge in [-0.1, -0.05) is 104 Å². The first-order valence-corrected chi connectivity index (χ1v) is 16.3. The molecule has 0 unspecified atom stereocenters. The topological polar surface area (TPSA) is 37.6 Å². The van der Waals surface area contributed by atoms with Crippen molar-refractivity contribution in [2.75, 3.05) is 0 Å². The van der Waals surface area contributed by atoms with E-state index in [1.165, 1.54) is 51.8 Å². The Balaban J connectivity index is 0.00000616. The van der Waals surface area contributed by atoms with E-state index in [9.17, 15) is 0 Å². The van der Waals surface area contributed by atoms with Gasteiger partial charge in [0.15, 0.2) is 0 Å². The van der Waals surface area contributed by atoms with E-state index in [4.69, 9.17) is 15.0 Å². The van der Waals surface area contributed by atoms with E-state index in [-0.39, 0.29) is 41.9 Å². The van der Waals surface area contributed by atoms with Crippen LogP contribution in [-0.4, -0.2) is 17.4 Å². The van der Waals surface area contributed by atoms with Crippen LogP contribution >= 0.6 is 0 Å². The number of rotatable bonds is 16. The molecule has 3 aromatic rings. The Labute approximate surface area is 291 Å². The molecule has 2 aromatic carbocycles. The number of aliphatic imine (C=N–C) groups is 2. The molecule has 0 fully saturated rings. The van der Waals surface area contributed by atoms with Crippen LogP contribution in [0.25, 0.3) is 0 Å². The molecule has 0 saturated heterocycles. The molecule has 0 spiro atoms. The second-order valence-corrected chi connectivity index (χ2v) is 11.5. The molecule has 0 radical (unpaired) electrons. The molecule has 0 aliphatic heterocycles. The molecule has 3 nitrogen and oxygen atoms in total. The maximum Gasteiger partial charge on any atom is 2.00 e. The first kappa shape index (κ1) is 42.0. The Kier molecular flexibility index (Phi) is 21.5. The van der Waals surface area contributed by atoms with Crippen LogP contribution in [0.1, 0.15) is 130 Å². The molecule has 6 heteroatoms. The van der Waals surface area contributed by atoms with Crippen LogP contribution in [0.3, 0.4) is 0 Å². The molecular weight excluding hydrogens is 625 g/mol. The van der Waals surface area contributed by atoms with Gasteiger partial charge in [0.25, 0.3) is 0 Å². The Hall–Kier alpha value is -1.97. The van der Waals surface area contributed by atoms with E-state index in [0.29, 0.717) is 0 Å². The zero-order valence-electron chi connectivity index (χ0n) is 28.1. The van der Waals surface area contributed by atoms with Gasteiger partial charge < -0.3 is 24.8 Å². The van der Waals surface area contributed by atoms with Gasteiger partial charge in [0, 0.05) is 0 Å². The third-order valence-corrected chi connectivity index (χ3v) is 7.47. The second-order valence-electron chi connectivity index (χ2n) is 11.5. The zero-order chi connectivity index (χ0) is 29.6. The Morgan fingerprint density at radius 1 is 0.500 bits per heavy atom. The number of hydrogen-bond acceptors (Lipinski definition) is 3. The summed E-state index contributed by atoms with van der Waals surface area (Å²) in [5.41, 5.74) is 13.6. The second kappa shape index (κ2) is 22.5. The van der Waals surface area contributed by atoms with Crippen molar-refractivity contribution in [3.63, 3.8) is 0 Å². The van der Waals surface area contributed by atoms with E-state index in [1.54, 1.807) is 0 Å². The number of halogens is 2. The van der Waals surface area contributed by atoms with Gasteiger partial charge in [-0.2, -0.15) is 0 Å². The first-order chi connectivity index (χ1) is 20.0. The predicted molar refractivity (Wildman–Crippen MR) is 180 cm³/mol. The molecule has 0 saturated carbocycles. The van der Waals surface area contributed by atoms with Gasteiger partial charge in [0.1, 0.15) is 0 Å². The fourth-order valence-electron chi connectivity index (χ4n) is 5.82. The maximum absolute atomic E-state index is 5.09. The summed E-state index contributed by atoms with van der Waals surface area (Å²) in [6, 6.07) is 13.8. The Morgan fingerprint density at radius 3 is 1.07 bits per heavy atom. The van der Waals surface area contributed by atoms with Crippen molar-refractivity contribution in [3.8, 4) is 0 Å². The van der Waals surface area contributed by atoms with Gasteiger partial charge in [0.05, 0.1) is 35.2 Å². The van der Waals surface area contributed by atoms with Crippen molar-refractivity contribution in [1.29, 1.82) is 0 Å². The van der Waals surface area contributed by atoms with E-state index >= 15 is 0 Å². The Morgan fingerprint density at radius 2 is 0.795 bits per heavy atom. The molecule has 0 amide bonds. The maximum atomic E-state index is 5.09. The van der Waals surface area contributed by atoms with Crippen LogP contribution < -0.4 is 24.8 Å². The third kappa shape index (κ3) is 12.4. The van der Waals surface area contributed by atoms with Crippen molar-refractivity contribution in [2.45, 2.75) is 126 Å². The predicted octanol–water partition coefficient (Wildman–Crippen LogP) is 4.61. The van der Waals surface area contributed by atoms with Gasteiger partial charge in [-0.05, 0) is 96.5 Å². The Bertz CT molecular complexity index is 1180. The van der Waals surface area contributed by atoms with E-state index < -0.39 is 0 Å². The van der Waals surface area contributed by atoms with Crippen LogP contribution in [-0.2, 0) is 55.6 Å². The standard InChI is InChI=1S/C38H53N3.2ClH.Fe/c1-8-14-29-22-31(16-10-3)37(32(23-29)17-11-4)39-26-35-20-28(7)21-36(41-35)27-40-38-33(18-12-5)24-30(15-9-2)25-34(38)19-13-6;;;/h20-27H,8-19H2,1-7H3;2*1H;/q;;;+2/p-2. The molecular formula is C38H53Cl2FeN3. The zero-order valence-corrected chi connectivity index (χ0v) is 30.7. The molecule has 0 atom stereocenters. The molecule has 44 heavy (non-hydrogen) atoms. The first-order valence-electron chi connectivity index (χ1n) is 16.3. The van der Waals surface area contributed by atoms with Crippen LogP contribution in [0, 0.1) is 6.92 Å². The average Bonchev–Trinajstić information content (AvgIpc) is 2.93. The average molecular weight is 679 g/mol. The number of hydrogen-bond donors (Lipinski definition) is 0. The van der Waals surface area contributed by atoms with Crippen LogP contribution in [0.4, 0.5) is 11.4 Å². The van der Waals surface area contributed by atoms with Gasteiger partial charge in [0.2, 0.25) is 0 Å². The summed E-state index contributed by atoms with van der Waals surface area (Å²) < 4.78 is 0. The molecule has 1 heterocycles. The fourth-order valence-corrected chi connectivity index (χ4v) is 5.82. The molecule has 0 bridgehead atoms. The summed E-state index contributed by atoms with van der Waals surface area (Å²) in [5, 5.41) is 0. The van der Waals surface area contributed by atoms with Gasteiger partial charge in [-0.3, -0.25) is 9.98 Å². The van der Waals surface area contributed by atoms with E-state index in [1.807, 2.05) is 12.4 Å². The summed E-state index contributed by atoms with van der Waals surface area (Å²) >= 11 is 0. The number of pyridine rings is 1. The summed E-state index contributed by atoms with van der Waals surface area (Å²) in [4.78, 5) is 15.1. The fraction of sp³-hybridized carbons (Fsp3) is 0.500. The largest absolute Gasteiger partial charge is 2.00 e. The van der Waals surface area contributed by atoms with E-state index in [0.717, 1.165) is 87.0 Å². The van der Waals surface area contributed by atoms with Gasteiger partial charge in [-0.15, -0.1) is 0 Å². The monoisotopic (exact) mass is 677 g/mol. The molecule has 1 aromatic heterocycles. The number of aromatic nitrogens is 1. The normalized spacial score (nSPS) is 11.0.